The van der Waals surface area contributed by atoms with Crippen LogP contribution in [0.5, 0.6) is 23.8 Å². The van der Waals surface area contributed by atoms with Gasteiger partial charge in [-0.1, -0.05) is 30.3 Å². The zero-order valence-corrected chi connectivity index (χ0v) is 14.5. The van der Waals surface area contributed by atoms with Crippen LogP contribution in [0.2, 0.25) is 0 Å². The maximum Gasteiger partial charge on any atom is 0.331 e. The van der Waals surface area contributed by atoms with Gasteiger partial charge in [0.25, 0.3) is 0 Å². The zero-order valence-electron chi connectivity index (χ0n) is 14.5. The minimum Gasteiger partial charge on any atom is -0.758 e. The Bertz CT molecular complexity index is 865. The quantitative estimate of drug-likeness (QED) is 0.623. The van der Waals surface area contributed by atoms with Crippen molar-refractivity contribution in [2.45, 2.75) is 0 Å². The predicted molar refractivity (Wildman–Crippen MR) is 96.7 cm³/mol. The summed E-state index contributed by atoms with van der Waals surface area (Å²) in [5.41, 5.74) is 2.14. The van der Waals surface area contributed by atoms with Crippen molar-refractivity contribution in [3.63, 3.8) is 0 Å². The van der Waals surface area contributed by atoms with Gasteiger partial charge in [-0.05, 0) is 30.8 Å². The Morgan fingerprint density at radius 3 is 2.04 bits per heavy atom. The number of nitrogens with zero attached hydrogens (tertiary/aromatic N) is 4. The minimum absolute atomic E-state index is 0.0240. The number of hydrogen-bond acceptors (Lipinski definition) is 8. The first-order chi connectivity index (χ1) is 12.6. The number of aromatic nitrogens is 3. The van der Waals surface area contributed by atoms with Crippen LogP contribution in [0.25, 0.3) is 11.1 Å². The van der Waals surface area contributed by atoms with Crippen LogP contribution < -0.4 is 19.3 Å². The molecule has 0 aliphatic rings. The van der Waals surface area contributed by atoms with Gasteiger partial charge in [0, 0.05) is 11.3 Å². The van der Waals surface area contributed by atoms with Crippen LogP contribution in [-0.2, 0) is 0 Å². The van der Waals surface area contributed by atoms with E-state index in [2.05, 4.69) is 15.0 Å². The maximum atomic E-state index is 11.9. The van der Waals surface area contributed by atoms with E-state index >= 15 is 0 Å². The number of benzene rings is 2. The lowest BCUT2D eigenvalue weighted by molar-refractivity contribution is 0.320. The molecule has 0 saturated carbocycles. The molecule has 8 heteroatoms. The van der Waals surface area contributed by atoms with Crippen LogP contribution in [0, 0.1) is 5.21 Å². The summed E-state index contributed by atoms with van der Waals surface area (Å²) in [6.07, 6.45) is 0. The number of ether oxygens (including phenoxy) is 3. The molecule has 3 rings (SSSR count). The molecule has 0 aliphatic heterocycles. The molecule has 8 nitrogen and oxygen atoms in total. The number of hydrogen-bond donors (Lipinski definition) is 0. The van der Waals surface area contributed by atoms with Gasteiger partial charge in [-0.15, -0.1) is 15.0 Å². The first-order valence-electron chi connectivity index (χ1n) is 7.73. The Hall–Kier alpha value is -3.39. The van der Waals surface area contributed by atoms with E-state index in [0.29, 0.717) is 11.4 Å². The molecule has 1 aromatic heterocycles. The van der Waals surface area contributed by atoms with E-state index in [1.54, 1.807) is 18.2 Å². The van der Waals surface area contributed by atoms with Gasteiger partial charge in [0.15, 0.2) is 0 Å². The van der Waals surface area contributed by atoms with Crippen molar-refractivity contribution in [2.24, 2.45) is 0 Å². The van der Waals surface area contributed by atoms with E-state index in [-0.39, 0.29) is 18.0 Å². The lowest BCUT2D eigenvalue weighted by atomic mass is 10.0. The Morgan fingerprint density at radius 2 is 1.46 bits per heavy atom. The maximum absolute atomic E-state index is 11.9. The molecular formula is C18H17N4O4-. The smallest absolute Gasteiger partial charge is 0.331 e. The summed E-state index contributed by atoms with van der Waals surface area (Å²) in [5, 5.41) is 12.7. The highest BCUT2D eigenvalue weighted by Crippen LogP contribution is 2.34. The molecule has 2 aromatic carbocycles. The Kier molecular flexibility index (Phi) is 5.14. The summed E-state index contributed by atoms with van der Waals surface area (Å²) >= 11 is 0. The monoisotopic (exact) mass is 353 g/mol. The molecule has 0 aliphatic carbocycles. The Morgan fingerprint density at radius 1 is 0.846 bits per heavy atom. The van der Waals surface area contributed by atoms with Gasteiger partial charge in [0.05, 0.1) is 14.2 Å². The molecule has 3 aromatic rings. The molecule has 0 fully saturated rings. The summed E-state index contributed by atoms with van der Waals surface area (Å²) in [5.74, 6) is 0.463. The number of hydroxylamine groups is 1. The molecular weight excluding hydrogens is 336 g/mol. The van der Waals surface area contributed by atoms with E-state index in [1.807, 2.05) is 30.3 Å². The normalized spacial score (nSPS) is 10.3. The number of rotatable bonds is 6. The molecule has 0 N–H and O–H groups in total. The van der Waals surface area contributed by atoms with Crippen LogP contribution in [0.4, 0.5) is 5.69 Å². The minimum atomic E-state index is 0.0240. The Balaban J connectivity index is 1.99. The van der Waals surface area contributed by atoms with Crippen molar-refractivity contribution in [3.05, 3.63) is 53.7 Å². The fraction of sp³-hybridized carbons (Fsp3) is 0.167. The van der Waals surface area contributed by atoms with Crippen molar-refractivity contribution < 1.29 is 14.2 Å². The summed E-state index contributed by atoms with van der Waals surface area (Å²) in [7, 11) is 4.32. The second-order valence-electron chi connectivity index (χ2n) is 5.24. The van der Waals surface area contributed by atoms with Crippen LogP contribution >= 0.6 is 0 Å². The topological polar surface area (TPSA) is 92.7 Å². The van der Waals surface area contributed by atoms with E-state index in [4.69, 9.17) is 14.2 Å². The summed E-state index contributed by atoms with van der Waals surface area (Å²) < 4.78 is 15.7. The van der Waals surface area contributed by atoms with Crippen molar-refractivity contribution in [3.8, 4) is 34.9 Å². The summed E-state index contributed by atoms with van der Waals surface area (Å²) in [4.78, 5) is 12.0. The lowest BCUT2D eigenvalue weighted by Gasteiger charge is -2.28. The largest absolute Gasteiger partial charge is 0.758 e. The summed E-state index contributed by atoms with van der Waals surface area (Å²) in [6.45, 7) is 0. The Labute approximate surface area is 150 Å². The van der Waals surface area contributed by atoms with Crippen molar-refractivity contribution >= 4 is 5.69 Å². The molecule has 0 spiro atoms. The van der Waals surface area contributed by atoms with Gasteiger partial charge in [0.2, 0.25) is 0 Å². The van der Waals surface area contributed by atoms with Gasteiger partial charge >= 0.3 is 18.0 Å². The molecule has 0 unspecified atom stereocenters. The highest BCUT2D eigenvalue weighted by Gasteiger charge is 2.12. The fourth-order valence-electron chi connectivity index (χ4n) is 2.36. The number of methoxy groups -OCH3 is 2. The lowest BCUT2D eigenvalue weighted by Crippen LogP contribution is -2.07. The van der Waals surface area contributed by atoms with Gasteiger partial charge in [-0.2, -0.15) is 0 Å². The second kappa shape index (κ2) is 7.66. The third kappa shape index (κ3) is 3.81. The van der Waals surface area contributed by atoms with Gasteiger partial charge in [-0.3, -0.25) is 0 Å². The first-order valence-corrected chi connectivity index (χ1v) is 7.73. The SMILES string of the molecule is COc1nc(OC)nc(Oc2ccc(N(C)[O-])c(-c3ccccc3)c2)n1. The highest BCUT2D eigenvalue weighted by molar-refractivity contribution is 5.80. The average molecular weight is 353 g/mol. The molecule has 0 bridgehead atoms. The predicted octanol–water partition coefficient (Wildman–Crippen LogP) is 3.28. The van der Waals surface area contributed by atoms with Gasteiger partial charge < -0.3 is 24.5 Å². The summed E-state index contributed by atoms with van der Waals surface area (Å²) in [6, 6.07) is 14.8. The second-order valence-corrected chi connectivity index (χ2v) is 5.24. The van der Waals surface area contributed by atoms with Crippen LogP contribution in [-0.4, -0.2) is 36.2 Å². The molecule has 1 heterocycles. The van der Waals surface area contributed by atoms with Crippen LogP contribution in [0.15, 0.2) is 48.5 Å². The van der Waals surface area contributed by atoms with Crippen molar-refractivity contribution in [1.82, 2.24) is 15.0 Å². The molecule has 0 saturated heterocycles. The van der Waals surface area contributed by atoms with Crippen molar-refractivity contribution in [2.75, 3.05) is 26.3 Å². The number of anilines is 1. The van der Waals surface area contributed by atoms with E-state index in [9.17, 15) is 5.21 Å². The van der Waals surface area contributed by atoms with E-state index in [1.165, 1.54) is 21.3 Å². The average Bonchev–Trinajstić information content (AvgIpc) is 2.68. The molecule has 0 atom stereocenters. The van der Waals surface area contributed by atoms with Crippen LogP contribution in [0.3, 0.4) is 0 Å². The van der Waals surface area contributed by atoms with E-state index in [0.717, 1.165) is 16.2 Å². The van der Waals surface area contributed by atoms with Gasteiger partial charge in [0.1, 0.15) is 5.75 Å². The third-order valence-corrected chi connectivity index (χ3v) is 3.54. The van der Waals surface area contributed by atoms with Crippen LogP contribution in [0.1, 0.15) is 0 Å². The van der Waals surface area contributed by atoms with Gasteiger partial charge in [-0.25, -0.2) is 0 Å². The molecule has 0 radical (unpaired) electrons. The zero-order chi connectivity index (χ0) is 18.5. The van der Waals surface area contributed by atoms with Crippen molar-refractivity contribution in [1.29, 1.82) is 0 Å². The van der Waals surface area contributed by atoms with E-state index < -0.39 is 0 Å². The molecule has 26 heavy (non-hydrogen) atoms. The molecule has 0 amide bonds. The first kappa shape index (κ1) is 17.4. The standard InChI is InChI=1S/C18H17N4O4/c1-22(23)15-10-9-13(11-14(15)12-7-5-4-6-8-12)26-18-20-16(24-2)19-17(21-18)25-3/h4-11H,1-3H3/q-1. The molecule has 134 valence electrons. The fourth-order valence-corrected chi connectivity index (χ4v) is 2.36. The highest BCUT2D eigenvalue weighted by atomic mass is 16.5. The third-order valence-electron chi connectivity index (χ3n) is 3.54.